The van der Waals surface area contributed by atoms with Gasteiger partial charge in [-0.15, -0.1) is 0 Å². The number of nitrogens with one attached hydrogen (secondary N) is 2. The molecule has 0 radical (unpaired) electrons. The minimum Gasteiger partial charge on any atom is -0.495 e. The third-order valence-corrected chi connectivity index (χ3v) is 8.70. The predicted octanol–water partition coefficient (Wildman–Crippen LogP) is 4.12. The fraction of sp³-hybridized carbons (Fsp3) is 0.562. The molecule has 2 heterocycles. The highest BCUT2D eigenvalue weighted by Crippen LogP contribution is 2.48. The number of hydrogen-bond acceptors (Lipinski definition) is 10. The number of epoxide rings is 1. The molecule has 254 valence electrons. The van der Waals surface area contributed by atoms with Gasteiger partial charge < -0.3 is 43.4 Å². The van der Waals surface area contributed by atoms with Crippen molar-refractivity contribution in [3.63, 3.8) is 0 Å². The van der Waals surface area contributed by atoms with Crippen LogP contribution in [0, 0.1) is 5.92 Å². The number of carbonyl (C=O) groups is 4. The lowest BCUT2D eigenvalue weighted by Crippen LogP contribution is -2.59. The van der Waals surface area contributed by atoms with Gasteiger partial charge in [-0.1, -0.05) is 36.2 Å². The van der Waals surface area contributed by atoms with Gasteiger partial charge in [0.05, 0.1) is 30.9 Å². The molecule has 2 N–H and O–H groups in total. The van der Waals surface area contributed by atoms with Gasteiger partial charge in [-0.3, -0.25) is 5.32 Å². The number of allylic oxidation sites excluding steroid dienone is 3. The van der Waals surface area contributed by atoms with Gasteiger partial charge in [0, 0.05) is 33.5 Å². The fourth-order valence-electron chi connectivity index (χ4n) is 5.34. The molecular weight excluding hydrogens is 622 g/mol. The van der Waals surface area contributed by atoms with Crippen LogP contribution in [0.2, 0.25) is 5.02 Å². The molecule has 0 aromatic heterocycles. The number of carbonyl (C=O) groups excluding carboxylic acids is 4. The topological polar surface area (TPSA) is 154 Å². The number of urea groups is 1. The first-order valence-electron chi connectivity index (χ1n) is 14.9. The average molecular weight is 666 g/mol. The summed E-state index contributed by atoms with van der Waals surface area (Å²) in [5.41, 5.74) is 1.02. The Morgan fingerprint density at radius 1 is 1.28 bits per heavy atom. The van der Waals surface area contributed by atoms with Crippen LogP contribution in [0.5, 0.6) is 5.75 Å². The third kappa shape index (κ3) is 8.71. The Morgan fingerprint density at radius 2 is 2.00 bits per heavy atom. The monoisotopic (exact) mass is 665 g/mol. The summed E-state index contributed by atoms with van der Waals surface area (Å²) in [4.78, 5) is 50.2. The molecule has 0 bridgehead atoms. The number of esters is 1. The van der Waals surface area contributed by atoms with Crippen molar-refractivity contribution in [1.82, 2.24) is 15.5 Å². The number of benzene rings is 1. The number of alkyl carbamates (subject to hydrolysis) is 1. The number of methoxy groups -OCH3 is 2. The Kier molecular flexibility index (Phi) is 12.5. The van der Waals surface area contributed by atoms with Gasteiger partial charge in [-0.2, -0.15) is 0 Å². The lowest BCUT2D eigenvalue weighted by molar-refractivity contribution is -0.241. The molecule has 2 saturated heterocycles. The average Bonchev–Trinajstić information content (AvgIpc) is 3.74. The number of likely N-dealkylation sites (N-methyl/N-ethyl adjacent to an activating group) is 1. The van der Waals surface area contributed by atoms with Crippen molar-refractivity contribution in [2.24, 2.45) is 5.92 Å². The molecular formula is C32H44ClN3O10. The van der Waals surface area contributed by atoms with Gasteiger partial charge in [-0.05, 0) is 51.0 Å². The number of nitrogens with zero attached hydrogens (tertiary/aromatic N) is 1. The lowest BCUT2D eigenvalue weighted by Gasteiger charge is -2.40. The van der Waals surface area contributed by atoms with Crippen LogP contribution in [0.15, 0.2) is 42.2 Å². The van der Waals surface area contributed by atoms with Crippen molar-refractivity contribution in [3.05, 3.63) is 52.8 Å². The standard InChI is InChI=1S/C32H44ClN3O10/c1-19(16-22-11-12-23(33)24(17-22)41-7)10-9-15-43-32(42-8)18-25(44-30(40)35-32)20(2)27-31(4,46-27)26(13-14-37)45-28(38)21(3)36(6)29(39)34-5/h9-12,14-15,17,20-21,25-27H,13,16,18H2,1-8H3,(H,34,39)(H,35,40)/b15-9+,19-10+. The van der Waals surface area contributed by atoms with E-state index in [0.717, 1.165) is 11.1 Å². The van der Waals surface area contributed by atoms with Gasteiger partial charge in [0.1, 0.15) is 35.9 Å². The van der Waals surface area contributed by atoms with Crippen LogP contribution in [0.1, 0.15) is 46.1 Å². The zero-order valence-electron chi connectivity index (χ0n) is 27.5. The van der Waals surface area contributed by atoms with Crippen molar-refractivity contribution in [2.45, 2.75) is 82.8 Å². The summed E-state index contributed by atoms with van der Waals surface area (Å²) in [6.45, 7) is 7.04. The summed E-state index contributed by atoms with van der Waals surface area (Å²) in [6.07, 6.45) is 3.36. The Hall–Kier alpha value is -3.81. The van der Waals surface area contributed by atoms with Crippen LogP contribution < -0.4 is 15.4 Å². The molecule has 3 amide bonds. The van der Waals surface area contributed by atoms with E-state index < -0.39 is 59.9 Å². The zero-order chi connectivity index (χ0) is 34.2. The molecule has 13 nitrogen and oxygen atoms in total. The summed E-state index contributed by atoms with van der Waals surface area (Å²) < 4.78 is 34.1. The van der Waals surface area contributed by atoms with Gasteiger partial charge in [0.25, 0.3) is 5.91 Å². The van der Waals surface area contributed by atoms with E-state index in [4.69, 9.17) is 40.0 Å². The lowest BCUT2D eigenvalue weighted by atomic mass is 9.86. The number of aldehydes is 1. The molecule has 2 aliphatic heterocycles. The molecule has 1 aromatic rings. The van der Waals surface area contributed by atoms with E-state index in [2.05, 4.69) is 10.6 Å². The second-order valence-corrected chi connectivity index (χ2v) is 12.0. The van der Waals surface area contributed by atoms with E-state index in [1.165, 1.54) is 39.3 Å². The van der Waals surface area contributed by atoms with E-state index >= 15 is 0 Å². The minimum absolute atomic E-state index is 0.107. The van der Waals surface area contributed by atoms with E-state index in [9.17, 15) is 19.2 Å². The second kappa shape index (κ2) is 15.7. The maximum Gasteiger partial charge on any atom is 0.412 e. The first-order valence-corrected chi connectivity index (χ1v) is 15.2. The Morgan fingerprint density at radius 3 is 2.63 bits per heavy atom. The maximum absolute atomic E-state index is 12.9. The minimum atomic E-state index is -1.52. The molecule has 3 rings (SSSR count). The molecule has 0 aliphatic carbocycles. The highest BCUT2D eigenvalue weighted by molar-refractivity contribution is 6.32. The predicted molar refractivity (Wildman–Crippen MR) is 168 cm³/mol. The quantitative estimate of drug-likeness (QED) is 0.0698. The van der Waals surface area contributed by atoms with Gasteiger partial charge in [-0.25, -0.2) is 14.4 Å². The Bertz CT molecular complexity index is 1340. The Balaban J connectivity index is 1.65. The molecule has 1 aromatic carbocycles. The first kappa shape index (κ1) is 36.7. The fourth-order valence-corrected chi connectivity index (χ4v) is 5.53. The maximum atomic E-state index is 12.9. The van der Waals surface area contributed by atoms with Gasteiger partial charge in [0.15, 0.2) is 0 Å². The smallest absolute Gasteiger partial charge is 0.412 e. The van der Waals surface area contributed by atoms with Crippen LogP contribution in [-0.2, 0) is 39.7 Å². The van der Waals surface area contributed by atoms with E-state index in [0.29, 0.717) is 23.5 Å². The van der Waals surface area contributed by atoms with Crippen molar-refractivity contribution in [2.75, 3.05) is 28.3 Å². The van der Waals surface area contributed by atoms with Crippen molar-refractivity contribution < 1.29 is 47.6 Å². The molecule has 0 spiro atoms. The normalized spacial score (nSPS) is 26.2. The van der Waals surface area contributed by atoms with Crippen LogP contribution in [0.4, 0.5) is 9.59 Å². The Labute approximate surface area is 274 Å². The number of amides is 3. The van der Waals surface area contributed by atoms with Crippen LogP contribution in [0.3, 0.4) is 0 Å². The van der Waals surface area contributed by atoms with Gasteiger partial charge in [0.2, 0.25) is 0 Å². The summed E-state index contributed by atoms with van der Waals surface area (Å²) in [6, 6.07) is 4.21. The van der Waals surface area contributed by atoms with Crippen LogP contribution in [0.25, 0.3) is 0 Å². The number of halogens is 1. The summed E-state index contributed by atoms with van der Waals surface area (Å²) in [5.74, 6) is -2.01. The summed E-state index contributed by atoms with van der Waals surface area (Å²) >= 11 is 6.12. The molecule has 7 atom stereocenters. The highest BCUT2D eigenvalue weighted by atomic mass is 35.5. The molecule has 7 unspecified atom stereocenters. The number of cyclic esters (lactones) is 1. The SMILES string of the molecule is CNC(=O)N(C)C(C)C(=O)OC(CC=O)C1(C)OC1C(C)C1CC(OC)(O/C=C/C=C(\C)Cc2ccc(Cl)c(OC)c2)NC(=O)O1. The molecule has 2 aliphatic rings. The largest absolute Gasteiger partial charge is 0.495 e. The summed E-state index contributed by atoms with van der Waals surface area (Å²) in [5, 5.41) is 5.58. The number of rotatable bonds is 15. The second-order valence-electron chi connectivity index (χ2n) is 11.6. The van der Waals surface area contributed by atoms with Crippen molar-refractivity contribution in [1.29, 1.82) is 0 Å². The van der Waals surface area contributed by atoms with Crippen molar-refractivity contribution in [3.8, 4) is 5.75 Å². The van der Waals surface area contributed by atoms with Crippen LogP contribution in [-0.4, -0.2) is 93.5 Å². The van der Waals surface area contributed by atoms with E-state index in [1.54, 1.807) is 26.2 Å². The zero-order valence-corrected chi connectivity index (χ0v) is 28.2. The van der Waals surface area contributed by atoms with E-state index in [1.807, 2.05) is 32.1 Å². The molecule has 46 heavy (non-hydrogen) atoms. The molecule has 2 fully saturated rings. The van der Waals surface area contributed by atoms with E-state index in [-0.39, 0.29) is 12.8 Å². The van der Waals surface area contributed by atoms with Crippen molar-refractivity contribution >= 4 is 36.0 Å². The van der Waals surface area contributed by atoms with Crippen LogP contribution >= 0.6 is 11.6 Å². The first-order chi connectivity index (χ1) is 21.7. The molecule has 14 heteroatoms. The molecule has 0 saturated carbocycles. The van der Waals surface area contributed by atoms with Gasteiger partial charge >= 0.3 is 18.1 Å². The third-order valence-electron chi connectivity index (χ3n) is 8.38. The number of hydrogen-bond donors (Lipinski definition) is 2. The number of ether oxygens (including phenoxy) is 6. The highest BCUT2D eigenvalue weighted by Gasteiger charge is 2.64. The summed E-state index contributed by atoms with van der Waals surface area (Å²) in [7, 11) is 5.88.